The fourth-order valence-corrected chi connectivity index (χ4v) is 5.67. The maximum Gasteiger partial charge on any atom is 0.0725 e. The van der Waals surface area contributed by atoms with Crippen LogP contribution in [0.1, 0.15) is 22.3 Å². The molecule has 2 aliphatic carbocycles. The number of hydrogen-bond donors (Lipinski definition) is 0. The lowest BCUT2D eigenvalue weighted by Crippen LogP contribution is -2.32. The van der Waals surface area contributed by atoms with E-state index in [4.69, 9.17) is 0 Å². The highest BCUT2D eigenvalue weighted by Gasteiger charge is 2.49. The highest BCUT2D eigenvalue weighted by molar-refractivity contribution is 6.07. The molecule has 0 saturated heterocycles. The Morgan fingerprint density at radius 2 is 1.14 bits per heavy atom. The second-order valence-corrected chi connectivity index (χ2v) is 7.79. The van der Waals surface area contributed by atoms with E-state index in [1.165, 1.54) is 55.3 Å². The van der Waals surface area contributed by atoms with Crippen molar-refractivity contribution >= 4 is 16.3 Å². The molecule has 0 N–H and O–H groups in total. The topological polar surface area (TPSA) is 0 Å². The average molecular weight is 368 g/mol. The number of benzene rings is 4. The number of fused-ring (bicyclic) bond motifs is 6. The molecule has 4 aromatic carbocycles. The summed E-state index contributed by atoms with van der Waals surface area (Å²) in [5.41, 5.74) is 9.89. The highest BCUT2D eigenvalue weighted by Crippen LogP contribution is 2.60. The van der Waals surface area contributed by atoms with Crippen molar-refractivity contribution in [2.75, 3.05) is 0 Å². The fourth-order valence-electron chi connectivity index (χ4n) is 5.67. The van der Waals surface area contributed by atoms with E-state index in [0.717, 1.165) is 0 Å². The van der Waals surface area contributed by atoms with Gasteiger partial charge in [-0.2, -0.15) is 0 Å². The molecule has 0 saturated carbocycles. The van der Waals surface area contributed by atoms with Crippen molar-refractivity contribution in [1.29, 1.82) is 0 Å². The Hall–Kier alpha value is -3.64. The van der Waals surface area contributed by atoms with Crippen LogP contribution in [0.2, 0.25) is 0 Å². The second-order valence-electron chi connectivity index (χ2n) is 7.79. The summed E-state index contributed by atoms with van der Waals surface area (Å²) in [6, 6.07) is 31.0. The largest absolute Gasteiger partial charge is 0.0987 e. The molecule has 0 nitrogen and oxygen atoms in total. The van der Waals surface area contributed by atoms with Crippen molar-refractivity contribution in [3.8, 4) is 11.1 Å². The summed E-state index contributed by atoms with van der Waals surface area (Å²) in [5, 5.41) is 2.62. The van der Waals surface area contributed by atoms with Gasteiger partial charge in [-0.1, -0.05) is 110 Å². The van der Waals surface area contributed by atoms with Gasteiger partial charge < -0.3 is 0 Å². The quantitative estimate of drug-likeness (QED) is 0.348. The minimum Gasteiger partial charge on any atom is -0.0987 e. The maximum absolute atomic E-state index is 4.26. The van der Waals surface area contributed by atoms with Crippen molar-refractivity contribution < 1.29 is 0 Å². The Bertz CT molecular complexity index is 1380. The summed E-state index contributed by atoms with van der Waals surface area (Å²) in [6.07, 6.45) is 4.04. The molecule has 0 heteroatoms. The minimum absolute atomic E-state index is 0.369. The molecule has 0 aliphatic heterocycles. The first-order valence-electron chi connectivity index (χ1n) is 10.0. The smallest absolute Gasteiger partial charge is 0.0725 e. The van der Waals surface area contributed by atoms with Crippen LogP contribution in [-0.2, 0) is 5.41 Å². The number of allylic oxidation sites excluding steroid dienone is 4. The van der Waals surface area contributed by atoms with Gasteiger partial charge in [0.05, 0.1) is 5.41 Å². The molecule has 1 spiro atoms. The van der Waals surface area contributed by atoms with E-state index >= 15 is 0 Å². The van der Waals surface area contributed by atoms with Gasteiger partial charge in [0.15, 0.2) is 0 Å². The predicted octanol–water partition coefficient (Wildman–Crippen LogP) is 7.29. The molecule has 0 amide bonds. The van der Waals surface area contributed by atoms with Gasteiger partial charge in [-0.05, 0) is 55.3 Å². The molecular formula is C29H20. The van der Waals surface area contributed by atoms with E-state index in [9.17, 15) is 0 Å². The molecule has 6 rings (SSSR count). The third kappa shape index (κ3) is 1.80. The maximum atomic E-state index is 4.26. The van der Waals surface area contributed by atoms with Crippen LogP contribution in [0.3, 0.4) is 0 Å². The van der Waals surface area contributed by atoms with E-state index in [0.29, 0.717) is 0 Å². The zero-order valence-corrected chi connectivity index (χ0v) is 16.2. The van der Waals surface area contributed by atoms with Crippen LogP contribution in [0, 0.1) is 0 Å². The molecule has 1 unspecified atom stereocenters. The average Bonchev–Trinajstić information content (AvgIpc) is 3.07. The summed E-state index contributed by atoms with van der Waals surface area (Å²) in [6.45, 7) is 8.42. The van der Waals surface area contributed by atoms with Crippen LogP contribution in [0.25, 0.3) is 27.5 Å². The molecule has 0 aromatic heterocycles. The third-order valence-electron chi connectivity index (χ3n) is 6.65. The van der Waals surface area contributed by atoms with Crippen molar-refractivity contribution in [2.45, 2.75) is 5.41 Å². The molecule has 0 heterocycles. The van der Waals surface area contributed by atoms with Crippen LogP contribution in [0.5, 0.6) is 0 Å². The number of hydrogen-bond acceptors (Lipinski definition) is 0. The highest BCUT2D eigenvalue weighted by atomic mass is 14.5. The Kier molecular flexibility index (Phi) is 3.20. The predicted molar refractivity (Wildman–Crippen MR) is 123 cm³/mol. The molecule has 4 aromatic rings. The molecule has 29 heavy (non-hydrogen) atoms. The Labute approximate surface area is 171 Å². The lowest BCUT2D eigenvalue weighted by Gasteiger charge is -2.40. The van der Waals surface area contributed by atoms with Gasteiger partial charge in [-0.3, -0.25) is 0 Å². The summed E-state index contributed by atoms with van der Waals surface area (Å²) < 4.78 is 0. The summed E-state index contributed by atoms with van der Waals surface area (Å²) in [7, 11) is 0. The van der Waals surface area contributed by atoms with Crippen LogP contribution >= 0.6 is 0 Å². The first-order chi connectivity index (χ1) is 14.3. The van der Waals surface area contributed by atoms with Crippen LogP contribution < -0.4 is 0 Å². The first kappa shape index (κ1) is 16.3. The van der Waals surface area contributed by atoms with Gasteiger partial charge in [0, 0.05) is 0 Å². The van der Waals surface area contributed by atoms with Gasteiger partial charge in [0.2, 0.25) is 0 Å². The molecule has 136 valence electrons. The van der Waals surface area contributed by atoms with E-state index in [-0.39, 0.29) is 5.41 Å². The minimum atomic E-state index is -0.369. The SMILES string of the molecule is C=CC1=C(C=C)C2(c3ccccc31)c1ccccc1-c1cccc3cccc2c13. The summed E-state index contributed by atoms with van der Waals surface area (Å²) in [4.78, 5) is 0. The van der Waals surface area contributed by atoms with Gasteiger partial charge in [0.1, 0.15) is 0 Å². The normalized spacial score (nSPS) is 18.6. The Morgan fingerprint density at radius 3 is 1.86 bits per heavy atom. The summed E-state index contributed by atoms with van der Waals surface area (Å²) in [5.74, 6) is 0. The van der Waals surface area contributed by atoms with Gasteiger partial charge in [0.25, 0.3) is 0 Å². The molecule has 0 bridgehead atoms. The summed E-state index contributed by atoms with van der Waals surface area (Å²) >= 11 is 0. The van der Waals surface area contributed by atoms with Crippen LogP contribution in [0.15, 0.2) is 116 Å². The van der Waals surface area contributed by atoms with Crippen molar-refractivity contribution in [3.63, 3.8) is 0 Å². The third-order valence-corrected chi connectivity index (χ3v) is 6.65. The Morgan fingerprint density at radius 1 is 0.552 bits per heavy atom. The van der Waals surface area contributed by atoms with Crippen LogP contribution in [-0.4, -0.2) is 0 Å². The molecule has 0 fully saturated rings. The number of rotatable bonds is 2. The molecule has 2 aliphatic rings. The Balaban J connectivity index is 1.94. The van der Waals surface area contributed by atoms with Gasteiger partial charge in [-0.15, -0.1) is 0 Å². The zero-order chi connectivity index (χ0) is 19.6. The van der Waals surface area contributed by atoms with E-state index < -0.39 is 0 Å². The van der Waals surface area contributed by atoms with Gasteiger partial charge in [-0.25, -0.2) is 0 Å². The second kappa shape index (κ2) is 5.68. The standard InChI is InChI=1S/C29H20/c1-3-20-21-13-5-7-16-25(21)29(24(20)4-2)26-17-8-6-14-22(26)23-15-9-11-19-12-10-18-27(29)28(19)23/h3-18H,1-2H2. The lowest BCUT2D eigenvalue weighted by molar-refractivity contribution is 0.767. The van der Waals surface area contributed by atoms with Crippen molar-refractivity contribution in [3.05, 3.63) is 138 Å². The van der Waals surface area contributed by atoms with E-state index in [1.54, 1.807) is 0 Å². The molecule has 0 radical (unpaired) electrons. The van der Waals surface area contributed by atoms with E-state index in [2.05, 4.69) is 98.1 Å². The zero-order valence-electron chi connectivity index (χ0n) is 16.2. The fraction of sp³-hybridized carbons (Fsp3) is 0.0345. The molecule has 1 atom stereocenters. The lowest BCUT2D eigenvalue weighted by atomic mass is 9.61. The van der Waals surface area contributed by atoms with Crippen molar-refractivity contribution in [2.24, 2.45) is 0 Å². The molecular weight excluding hydrogens is 348 g/mol. The van der Waals surface area contributed by atoms with E-state index in [1.807, 2.05) is 12.2 Å². The first-order valence-corrected chi connectivity index (χ1v) is 10.0. The van der Waals surface area contributed by atoms with Crippen molar-refractivity contribution in [1.82, 2.24) is 0 Å². The monoisotopic (exact) mass is 368 g/mol. The van der Waals surface area contributed by atoms with Gasteiger partial charge >= 0.3 is 0 Å². The van der Waals surface area contributed by atoms with Crippen LogP contribution in [0.4, 0.5) is 0 Å².